The highest BCUT2D eigenvalue weighted by molar-refractivity contribution is 5.69. The molecule has 4 saturated carbocycles. The van der Waals surface area contributed by atoms with Crippen molar-refractivity contribution in [2.75, 3.05) is 13.7 Å². The summed E-state index contributed by atoms with van der Waals surface area (Å²) in [5, 5.41) is 0. The number of esters is 1. The number of hydrogen-bond acceptors (Lipinski definition) is 3. The maximum Gasteiger partial charge on any atom is 0.305 e. The second-order valence-electron chi connectivity index (χ2n) is 12.2. The molecule has 0 bridgehead atoms. The normalized spacial score (nSPS) is 51.7. The average molecular weight is 403 g/mol. The first kappa shape index (κ1) is 20.3. The van der Waals surface area contributed by atoms with E-state index in [1.165, 1.54) is 64.9 Å². The van der Waals surface area contributed by atoms with Crippen LogP contribution in [0.25, 0.3) is 0 Å². The zero-order valence-electron chi connectivity index (χ0n) is 19.2. The molecule has 0 N–H and O–H groups in total. The van der Waals surface area contributed by atoms with Gasteiger partial charge in [0, 0.05) is 6.42 Å². The van der Waals surface area contributed by atoms with Crippen molar-refractivity contribution in [2.45, 2.75) is 97.0 Å². The van der Waals surface area contributed by atoms with Gasteiger partial charge in [-0.3, -0.25) is 4.79 Å². The zero-order chi connectivity index (χ0) is 20.4. The van der Waals surface area contributed by atoms with Crippen molar-refractivity contribution in [3.63, 3.8) is 0 Å². The highest BCUT2D eigenvalue weighted by Gasteiger charge is 2.63. The second kappa shape index (κ2) is 6.97. The van der Waals surface area contributed by atoms with Crippen LogP contribution in [-0.4, -0.2) is 25.3 Å². The van der Waals surface area contributed by atoms with Crippen LogP contribution in [0.4, 0.5) is 0 Å². The molecule has 0 aromatic rings. The fourth-order valence-corrected chi connectivity index (χ4v) is 9.30. The lowest BCUT2D eigenvalue weighted by atomic mass is 9.44. The van der Waals surface area contributed by atoms with Crippen LogP contribution in [0.1, 0.15) is 91.4 Å². The summed E-state index contributed by atoms with van der Waals surface area (Å²) in [4.78, 5) is 11.7. The first-order valence-electron chi connectivity index (χ1n) is 12.5. The SMILES string of the molecule is COC(=O)CC[C@H](C)[C@@H]1CC[C@@H]2[C@H]3CC[C@@H]4C[C@@]5(CC[C@]4(C)[C@H]3CC[C@@]21C)CO5. The van der Waals surface area contributed by atoms with E-state index in [0.717, 1.165) is 42.6 Å². The maximum absolute atomic E-state index is 11.7. The lowest BCUT2D eigenvalue weighted by Crippen LogP contribution is -2.54. The maximum atomic E-state index is 11.7. The third kappa shape index (κ3) is 3.12. The summed E-state index contributed by atoms with van der Waals surface area (Å²) in [6, 6.07) is 0. The van der Waals surface area contributed by atoms with E-state index < -0.39 is 0 Å². The first-order chi connectivity index (χ1) is 13.8. The monoisotopic (exact) mass is 402 g/mol. The highest BCUT2D eigenvalue weighted by Crippen LogP contribution is 2.69. The van der Waals surface area contributed by atoms with Crippen molar-refractivity contribution in [1.29, 1.82) is 0 Å². The Morgan fingerprint density at radius 2 is 1.79 bits per heavy atom. The molecule has 4 aliphatic carbocycles. The Morgan fingerprint density at radius 1 is 1.03 bits per heavy atom. The van der Waals surface area contributed by atoms with Crippen LogP contribution in [-0.2, 0) is 14.3 Å². The molecule has 164 valence electrons. The number of ether oxygens (including phenoxy) is 2. The van der Waals surface area contributed by atoms with Crippen LogP contribution in [0.3, 0.4) is 0 Å². The van der Waals surface area contributed by atoms with Gasteiger partial charge in [-0.05, 0) is 111 Å². The standard InChI is InChI=1S/C26H42O3/c1-17(5-10-23(27)28-4)20-8-9-21-19-7-6-18-15-26(16-29-26)14-13-24(18,2)22(19)11-12-25(20,21)3/h17-22H,5-16H2,1-4H3/t17-,18+,19+,20-,21+,22-,24-,25+,26-/m0/s1. The van der Waals surface area contributed by atoms with Gasteiger partial charge in [0.25, 0.3) is 0 Å². The summed E-state index contributed by atoms with van der Waals surface area (Å²) in [5.41, 5.74) is 1.37. The third-order valence-electron chi connectivity index (χ3n) is 11.1. The van der Waals surface area contributed by atoms with Gasteiger partial charge in [0.2, 0.25) is 0 Å². The molecule has 0 aromatic heterocycles. The number of fused-ring (bicyclic) bond motifs is 5. The van der Waals surface area contributed by atoms with Crippen LogP contribution < -0.4 is 0 Å². The predicted octanol–water partition coefficient (Wildman–Crippen LogP) is 6.00. The van der Waals surface area contributed by atoms with Crippen molar-refractivity contribution >= 4 is 5.97 Å². The van der Waals surface area contributed by atoms with Crippen molar-refractivity contribution in [3.8, 4) is 0 Å². The Bertz CT molecular complexity index is 654. The molecule has 3 heteroatoms. The molecule has 1 spiro atoms. The fraction of sp³-hybridized carbons (Fsp3) is 0.962. The summed E-state index contributed by atoms with van der Waals surface area (Å²) in [7, 11) is 1.51. The number of rotatable bonds is 4. The molecule has 1 aliphatic heterocycles. The number of carbonyl (C=O) groups excluding carboxylic acids is 1. The molecule has 0 unspecified atom stereocenters. The molecule has 0 radical (unpaired) electrons. The van der Waals surface area contributed by atoms with Crippen LogP contribution in [0.2, 0.25) is 0 Å². The van der Waals surface area contributed by atoms with Crippen molar-refractivity contribution in [2.24, 2.45) is 46.3 Å². The molecule has 1 heterocycles. The molecule has 0 aromatic carbocycles. The largest absolute Gasteiger partial charge is 0.469 e. The number of methoxy groups -OCH3 is 1. The third-order valence-corrected chi connectivity index (χ3v) is 11.1. The Morgan fingerprint density at radius 3 is 2.52 bits per heavy atom. The summed E-state index contributed by atoms with van der Waals surface area (Å²) in [5.74, 6) is 5.09. The van der Waals surface area contributed by atoms with Gasteiger partial charge in [0.15, 0.2) is 0 Å². The number of hydrogen-bond donors (Lipinski definition) is 0. The molecule has 29 heavy (non-hydrogen) atoms. The molecular weight excluding hydrogens is 360 g/mol. The predicted molar refractivity (Wildman–Crippen MR) is 114 cm³/mol. The lowest BCUT2D eigenvalue weighted by molar-refractivity contribution is -0.141. The van der Waals surface area contributed by atoms with Crippen LogP contribution in [0.15, 0.2) is 0 Å². The van der Waals surface area contributed by atoms with Crippen molar-refractivity contribution in [1.82, 2.24) is 0 Å². The van der Waals surface area contributed by atoms with E-state index in [1.807, 2.05) is 0 Å². The summed E-state index contributed by atoms with van der Waals surface area (Å²) >= 11 is 0. The molecule has 9 atom stereocenters. The number of carbonyl (C=O) groups is 1. The summed E-state index contributed by atoms with van der Waals surface area (Å²) in [6.07, 6.45) is 14.2. The van der Waals surface area contributed by atoms with Gasteiger partial charge in [0.05, 0.1) is 19.3 Å². The van der Waals surface area contributed by atoms with Gasteiger partial charge in [-0.2, -0.15) is 0 Å². The highest BCUT2D eigenvalue weighted by atomic mass is 16.6. The van der Waals surface area contributed by atoms with Crippen LogP contribution >= 0.6 is 0 Å². The van der Waals surface area contributed by atoms with E-state index in [0.29, 0.717) is 28.8 Å². The Labute approximate surface area is 177 Å². The zero-order valence-corrected chi connectivity index (χ0v) is 19.2. The van der Waals surface area contributed by atoms with Crippen LogP contribution in [0.5, 0.6) is 0 Å². The minimum absolute atomic E-state index is 0.0405. The molecule has 5 aliphatic rings. The van der Waals surface area contributed by atoms with E-state index in [1.54, 1.807) is 0 Å². The van der Waals surface area contributed by atoms with E-state index in [9.17, 15) is 4.79 Å². The average Bonchev–Trinajstić information content (AvgIpc) is 3.37. The fourth-order valence-electron chi connectivity index (χ4n) is 9.30. The van der Waals surface area contributed by atoms with E-state index in [2.05, 4.69) is 20.8 Å². The minimum atomic E-state index is -0.0405. The Kier molecular flexibility index (Phi) is 4.89. The first-order valence-corrected chi connectivity index (χ1v) is 12.5. The Hall–Kier alpha value is -0.570. The molecule has 1 saturated heterocycles. The van der Waals surface area contributed by atoms with Gasteiger partial charge in [-0.15, -0.1) is 0 Å². The molecule has 0 amide bonds. The molecular formula is C26H42O3. The van der Waals surface area contributed by atoms with Crippen molar-refractivity contribution in [3.05, 3.63) is 0 Å². The number of epoxide rings is 1. The van der Waals surface area contributed by atoms with E-state index in [4.69, 9.17) is 9.47 Å². The second-order valence-corrected chi connectivity index (χ2v) is 12.2. The van der Waals surface area contributed by atoms with Gasteiger partial charge < -0.3 is 9.47 Å². The lowest BCUT2D eigenvalue weighted by Gasteiger charge is -2.61. The molecule has 5 fully saturated rings. The minimum Gasteiger partial charge on any atom is -0.469 e. The summed E-state index contributed by atoms with van der Waals surface area (Å²) < 4.78 is 10.8. The van der Waals surface area contributed by atoms with E-state index in [-0.39, 0.29) is 5.97 Å². The van der Waals surface area contributed by atoms with E-state index >= 15 is 0 Å². The quantitative estimate of drug-likeness (QED) is 0.427. The van der Waals surface area contributed by atoms with Gasteiger partial charge in [0.1, 0.15) is 0 Å². The van der Waals surface area contributed by atoms with Gasteiger partial charge in [-0.25, -0.2) is 0 Å². The molecule has 5 rings (SSSR count). The van der Waals surface area contributed by atoms with Crippen LogP contribution in [0, 0.1) is 46.3 Å². The van der Waals surface area contributed by atoms with Gasteiger partial charge >= 0.3 is 5.97 Å². The van der Waals surface area contributed by atoms with Crippen molar-refractivity contribution < 1.29 is 14.3 Å². The smallest absolute Gasteiger partial charge is 0.305 e. The Balaban J connectivity index is 1.30. The van der Waals surface area contributed by atoms with Gasteiger partial charge in [-0.1, -0.05) is 20.8 Å². The summed E-state index contributed by atoms with van der Waals surface area (Å²) in [6.45, 7) is 8.74. The molecule has 3 nitrogen and oxygen atoms in total. The topological polar surface area (TPSA) is 38.8 Å².